The van der Waals surface area contributed by atoms with Gasteiger partial charge in [-0.1, -0.05) is 44.2 Å². The summed E-state index contributed by atoms with van der Waals surface area (Å²) >= 11 is 1.83. The Hall–Kier alpha value is -0.670. The quantitative estimate of drug-likeness (QED) is 0.673. The molecule has 6 nitrogen and oxygen atoms in total. The summed E-state index contributed by atoms with van der Waals surface area (Å²) in [6, 6.07) is 12.0. The SMILES string of the molecule is CCN(CC)C1CN(Cc2ccccc2)CC2CN3NC(SC)NC3NC21. The summed E-state index contributed by atoms with van der Waals surface area (Å²) in [5.74, 6) is 0.624. The van der Waals surface area contributed by atoms with E-state index in [-0.39, 0.29) is 6.29 Å². The Kier molecular flexibility index (Phi) is 6.38. The van der Waals surface area contributed by atoms with Crippen LogP contribution in [0.3, 0.4) is 0 Å². The number of likely N-dealkylation sites (tertiary alicyclic amines) is 1. The molecule has 3 aliphatic heterocycles. The molecule has 0 bridgehead atoms. The monoisotopic (exact) mass is 390 g/mol. The number of rotatable bonds is 6. The molecule has 3 saturated heterocycles. The number of hydrogen-bond donors (Lipinski definition) is 3. The molecule has 0 amide bonds. The van der Waals surface area contributed by atoms with Crippen molar-refractivity contribution >= 4 is 11.8 Å². The molecule has 5 unspecified atom stereocenters. The van der Waals surface area contributed by atoms with Crippen molar-refractivity contribution in [2.75, 3.05) is 39.0 Å². The highest BCUT2D eigenvalue weighted by Gasteiger charge is 2.47. The Bertz CT molecular complexity index is 597. The molecule has 3 heterocycles. The van der Waals surface area contributed by atoms with Crippen LogP contribution >= 0.6 is 11.8 Å². The van der Waals surface area contributed by atoms with Crippen LogP contribution in [0.1, 0.15) is 19.4 Å². The van der Waals surface area contributed by atoms with E-state index in [1.165, 1.54) is 5.56 Å². The molecule has 4 rings (SSSR count). The first-order valence-corrected chi connectivity index (χ1v) is 11.6. The van der Waals surface area contributed by atoms with Crippen LogP contribution in [0.5, 0.6) is 0 Å². The van der Waals surface area contributed by atoms with Crippen LogP contribution in [-0.4, -0.2) is 77.7 Å². The zero-order chi connectivity index (χ0) is 18.8. The second kappa shape index (κ2) is 8.78. The number of nitrogens with one attached hydrogen (secondary N) is 3. The van der Waals surface area contributed by atoms with E-state index >= 15 is 0 Å². The third kappa shape index (κ3) is 4.19. The highest BCUT2D eigenvalue weighted by Crippen LogP contribution is 2.29. The van der Waals surface area contributed by atoms with Crippen molar-refractivity contribution in [3.8, 4) is 0 Å². The van der Waals surface area contributed by atoms with Crippen molar-refractivity contribution in [1.29, 1.82) is 0 Å². The van der Waals surface area contributed by atoms with Gasteiger partial charge in [-0.3, -0.25) is 20.4 Å². The van der Waals surface area contributed by atoms with Crippen LogP contribution in [0.4, 0.5) is 0 Å². The fraction of sp³-hybridized carbons (Fsp3) is 0.700. The maximum absolute atomic E-state index is 3.94. The largest absolute Gasteiger partial charge is 0.298 e. The molecule has 0 saturated carbocycles. The predicted octanol–water partition coefficient (Wildman–Crippen LogP) is 1.14. The van der Waals surface area contributed by atoms with Crippen molar-refractivity contribution in [1.82, 2.24) is 30.9 Å². The molecule has 5 atom stereocenters. The summed E-state index contributed by atoms with van der Waals surface area (Å²) in [5.41, 5.74) is 5.32. The summed E-state index contributed by atoms with van der Waals surface area (Å²) in [5, 5.41) is 9.96. The van der Waals surface area contributed by atoms with Gasteiger partial charge in [-0.15, -0.1) is 11.8 Å². The average Bonchev–Trinajstić information content (AvgIpc) is 3.10. The van der Waals surface area contributed by atoms with E-state index in [9.17, 15) is 0 Å². The van der Waals surface area contributed by atoms with Gasteiger partial charge in [-0.25, -0.2) is 10.4 Å². The maximum Gasteiger partial charge on any atom is 0.129 e. The Labute approximate surface area is 168 Å². The summed E-state index contributed by atoms with van der Waals surface area (Å²) in [7, 11) is 0. The predicted molar refractivity (Wildman–Crippen MR) is 113 cm³/mol. The molecule has 1 aromatic carbocycles. The summed E-state index contributed by atoms with van der Waals surface area (Å²) in [4.78, 5) is 5.31. The Balaban J connectivity index is 1.51. The minimum atomic E-state index is 0.238. The van der Waals surface area contributed by atoms with E-state index in [2.05, 4.69) is 81.3 Å². The van der Waals surface area contributed by atoms with Gasteiger partial charge in [0.15, 0.2) is 0 Å². The van der Waals surface area contributed by atoms with Gasteiger partial charge in [-0.05, 0) is 24.9 Å². The molecule has 27 heavy (non-hydrogen) atoms. The second-order valence-electron chi connectivity index (χ2n) is 7.89. The van der Waals surface area contributed by atoms with Crippen molar-refractivity contribution in [2.45, 2.75) is 44.3 Å². The molecule has 0 spiro atoms. The number of nitrogens with zero attached hydrogens (tertiary/aromatic N) is 3. The van der Waals surface area contributed by atoms with Gasteiger partial charge in [0.25, 0.3) is 0 Å². The van der Waals surface area contributed by atoms with Crippen molar-refractivity contribution in [3.63, 3.8) is 0 Å². The van der Waals surface area contributed by atoms with Crippen LogP contribution < -0.4 is 16.1 Å². The van der Waals surface area contributed by atoms with Crippen LogP contribution in [0.2, 0.25) is 0 Å². The van der Waals surface area contributed by atoms with Gasteiger partial charge >= 0.3 is 0 Å². The Morgan fingerprint density at radius 1 is 1.07 bits per heavy atom. The van der Waals surface area contributed by atoms with Crippen molar-refractivity contribution in [3.05, 3.63) is 35.9 Å². The molecule has 0 aliphatic carbocycles. The van der Waals surface area contributed by atoms with Crippen LogP contribution in [-0.2, 0) is 6.54 Å². The van der Waals surface area contributed by atoms with E-state index in [1.807, 2.05) is 11.8 Å². The molecular weight excluding hydrogens is 356 g/mol. The molecule has 7 heteroatoms. The smallest absolute Gasteiger partial charge is 0.129 e. The first kappa shape index (κ1) is 19.6. The third-order valence-electron chi connectivity index (χ3n) is 6.31. The number of hydrogen-bond acceptors (Lipinski definition) is 7. The van der Waals surface area contributed by atoms with Gasteiger partial charge < -0.3 is 0 Å². The Morgan fingerprint density at radius 3 is 2.56 bits per heavy atom. The minimum Gasteiger partial charge on any atom is -0.298 e. The average molecular weight is 391 g/mol. The lowest BCUT2D eigenvalue weighted by atomic mass is 9.85. The molecule has 3 aliphatic rings. The highest BCUT2D eigenvalue weighted by atomic mass is 32.2. The fourth-order valence-electron chi connectivity index (χ4n) is 4.98. The zero-order valence-corrected chi connectivity index (χ0v) is 17.6. The number of likely N-dealkylation sites (N-methyl/N-ethyl adjacent to an activating group) is 1. The molecule has 3 fully saturated rings. The third-order valence-corrected chi connectivity index (χ3v) is 7.02. The lowest BCUT2D eigenvalue weighted by Crippen LogP contribution is -2.72. The lowest BCUT2D eigenvalue weighted by Gasteiger charge is -2.52. The van der Waals surface area contributed by atoms with Gasteiger partial charge in [0.05, 0.1) is 0 Å². The molecule has 1 aromatic rings. The molecule has 150 valence electrons. The standard InChI is InChI=1S/C20H34N6S/c1-4-25(5-2)17-14-24(11-15-9-7-6-8-10-15)12-16-13-26-19(21-18(16)17)22-20(23-26)27-3/h6-10,16-23H,4-5,11-14H2,1-3H3. The van der Waals surface area contributed by atoms with Gasteiger partial charge in [0.2, 0.25) is 0 Å². The van der Waals surface area contributed by atoms with Crippen molar-refractivity contribution in [2.24, 2.45) is 5.92 Å². The molecular formula is C20H34N6S. The summed E-state index contributed by atoms with van der Waals surface area (Å²) < 4.78 is 0. The van der Waals surface area contributed by atoms with Crippen LogP contribution in [0, 0.1) is 5.92 Å². The van der Waals surface area contributed by atoms with E-state index < -0.39 is 0 Å². The van der Waals surface area contributed by atoms with Crippen molar-refractivity contribution < 1.29 is 0 Å². The topological polar surface area (TPSA) is 45.8 Å². The summed E-state index contributed by atoms with van der Waals surface area (Å²) in [6.45, 7) is 11.2. The fourth-order valence-corrected chi connectivity index (χ4v) is 5.49. The molecule has 0 radical (unpaired) electrons. The van der Waals surface area contributed by atoms with Crippen LogP contribution in [0.15, 0.2) is 30.3 Å². The second-order valence-corrected chi connectivity index (χ2v) is 8.83. The lowest BCUT2D eigenvalue weighted by molar-refractivity contribution is -0.0377. The van der Waals surface area contributed by atoms with E-state index in [0.717, 1.165) is 39.3 Å². The first-order chi connectivity index (χ1) is 13.2. The maximum atomic E-state index is 3.94. The number of fused-ring (bicyclic) bond motifs is 2. The van der Waals surface area contributed by atoms with Gasteiger partial charge in [0, 0.05) is 44.2 Å². The van der Waals surface area contributed by atoms with E-state index in [1.54, 1.807) is 0 Å². The first-order valence-electron chi connectivity index (χ1n) is 10.3. The number of benzene rings is 1. The normalized spacial score (nSPS) is 34.6. The molecule has 0 aromatic heterocycles. The van der Waals surface area contributed by atoms with Gasteiger partial charge in [0.1, 0.15) is 11.8 Å². The van der Waals surface area contributed by atoms with Crippen LogP contribution in [0.25, 0.3) is 0 Å². The zero-order valence-electron chi connectivity index (χ0n) is 16.8. The number of piperidine rings is 1. The number of hydrazine groups is 1. The van der Waals surface area contributed by atoms with E-state index in [0.29, 0.717) is 23.5 Å². The molecule has 3 N–H and O–H groups in total. The summed E-state index contributed by atoms with van der Waals surface area (Å²) in [6.07, 6.45) is 2.39. The van der Waals surface area contributed by atoms with Gasteiger partial charge in [-0.2, -0.15) is 0 Å². The van der Waals surface area contributed by atoms with E-state index in [4.69, 9.17) is 0 Å². The Morgan fingerprint density at radius 2 is 1.85 bits per heavy atom. The highest BCUT2D eigenvalue weighted by molar-refractivity contribution is 7.99. The number of thioether (sulfide) groups is 1. The minimum absolute atomic E-state index is 0.238.